The van der Waals surface area contributed by atoms with Crippen molar-refractivity contribution in [1.82, 2.24) is 9.55 Å². The average Bonchev–Trinajstić information content (AvgIpc) is 3.02. The quantitative estimate of drug-likeness (QED) is 0.860. The molecular weight excluding hydrogens is 292 g/mol. The maximum atomic E-state index is 12.5. The summed E-state index contributed by atoms with van der Waals surface area (Å²) >= 11 is 1.51. The number of hydrogen-bond acceptors (Lipinski definition) is 5. The van der Waals surface area contributed by atoms with Gasteiger partial charge in [0.1, 0.15) is 4.83 Å². The van der Waals surface area contributed by atoms with Gasteiger partial charge < -0.3 is 4.74 Å². The minimum absolute atomic E-state index is 0.197. The zero-order valence-corrected chi connectivity index (χ0v) is 12.5. The van der Waals surface area contributed by atoms with Crippen LogP contribution in [0.5, 0.6) is 0 Å². The zero-order chi connectivity index (χ0) is 15.0. The van der Waals surface area contributed by atoms with E-state index in [0.717, 1.165) is 24.8 Å². The van der Waals surface area contributed by atoms with Gasteiger partial charge in [-0.2, -0.15) is 0 Å². The molecule has 0 atom stereocenters. The lowest BCUT2D eigenvalue weighted by molar-refractivity contribution is -0.140. The molecule has 0 aromatic carbocycles. The molecule has 1 N–H and O–H groups in total. The number of carbonyl (C=O) groups is 1. The fourth-order valence-corrected chi connectivity index (χ4v) is 4.07. The number of fused-ring (bicyclic) bond motifs is 3. The Bertz CT molecular complexity index is 815. The summed E-state index contributed by atoms with van der Waals surface area (Å²) < 4.78 is 5.75. The first-order valence-corrected chi connectivity index (χ1v) is 7.77. The fraction of sp³-hybridized carbons (Fsp3) is 0.500. The van der Waals surface area contributed by atoms with E-state index in [9.17, 15) is 14.4 Å². The summed E-state index contributed by atoms with van der Waals surface area (Å²) in [6.07, 6.45) is 3.56. The monoisotopic (exact) mass is 308 g/mol. The predicted molar refractivity (Wildman–Crippen MR) is 80.0 cm³/mol. The highest BCUT2D eigenvalue weighted by atomic mass is 32.1. The summed E-state index contributed by atoms with van der Waals surface area (Å²) in [5.74, 6) is -0.336. The Morgan fingerprint density at radius 1 is 1.38 bits per heavy atom. The number of hydrogen-bond donors (Lipinski definition) is 1. The smallest absolute Gasteiger partial charge is 0.329 e. The van der Waals surface area contributed by atoms with Crippen molar-refractivity contribution in [3.63, 3.8) is 0 Å². The molecule has 3 rings (SSSR count). The van der Waals surface area contributed by atoms with Crippen molar-refractivity contribution in [3.05, 3.63) is 31.3 Å². The highest BCUT2D eigenvalue weighted by Gasteiger charge is 2.21. The van der Waals surface area contributed by atoms with Crippen LogP contribution < -0.4 is 11.2 Å². The molecule has 2 heterocycles. The van der Waals surface area contributed by atoms with Crippen LogP contribution in [-0.4, -0.2) is 22.6 Å². The van der Waals surface area contributed by atoms with E-state index in [1.165, 1.54) is 27.9 Å². The van der Waals surface area contributed by atoms with Gasteiger partial charge in [0, 0.05) is 17.8 Å². The summed E-state index contributed by atoms with van der Waals surface area (Å²) in [7, 11) is 1.32. The molecule has 0 fully saturated rings. The van der Waals surface area contributed by atoms with E-state index in [4.69, 9.17) is 0 Å². The molecule has 0 saturated heterocycles. The molecule has 0 bridgehead atoms. The molecule has 0 radical (unpaired) electrons. The van der Waals surface area contributed by atoms with Crippen LogP contribution >= 0.6 is 11.3 Å². The zero-order valence-electron chi connectivity index (χ0n) is 11.7. The standard InChI is InChI=1S/C14H16N2O4S/c1-20-10(17)6-3-7-16-13(18)11-8-4-2-5-9(8)21-12(11)15-14(16)19/h2-7H2,1H3,(H,15,19). The third kappa shape index (κ3) is 2.42. The molecule has 21 heavy (non-hydrogen) atoms. The summed E-state index contributed by atoms with van der Waals surface area (Å²) in [6, 6.07) is 0. The number of aromatic nitrogens is 2. The van der Waals surface area contributed by atoms with Crippen LogP contribution in [0.1, 0.15) is 29.7 Å². The second kappa shape index (κ2) is 5.48. The second-order valence-corrected chi connectivity index (χ2v) is 6.23. The number of carbonyl (C=O) groups excluding carboxylic acids is 1. The summed E-state index contributed by atoms with van der Waals surface area (Å²) in [5, 5.41) is 0.658. The maximum absolute atomic E-state index is 12.5. The van der Waals surface area contributed by atoms with Crippen LogP contribution in [0.3, 0.4) is 0 Å². The lowest BCUT2D eigenvalue weighted by Crippen LogP contribution is -2.35. The number of esters is 1. The molecule has 0 amide bonds. The third-order valence-electron chi connectivity index (χ3n) is 3.84. The van der Waals surface area contributed by atoms with Crippen molar-refractivity contribution in [1.29, 1.82) is 0 Å². The van der Waals surface area contributed by atoms with Crippen LogP contribution in [0.25, 0.3) is 10.2 Å². The Morgan fingerprint density at radius 2 is 2.19 bits per heavy atom. The highest BCUT2D eigenvalue weighted by molar-refractivity contribution is 7.18. The normalized spacial score (nSPS) is 13.6. The number of thiophene rings is 1. The van der Waals surface area contributed by atoms with Gasteiger partial charge in [-0.05, 0) is 31.2 Å². The van der Waals surface area contributed by atoms with E-state index in [-0.39, 0.29) is 24.5 Å². The molecule has 2 aromatic rings. The summed E-state index contributed by atoms with van der Waals surface area (Å²) in [6.45, 7) is 0.226. The number of aromatic amines is 1. The van der Waals surface area contributed by atoms with E-state index in [0.29, 0.717) is 16.6 Å². The summed E-state index contributed by atoms with van der Waals surface area (Å²) in [4.78, 5) is 40.4. The van der Waals surface area contributed by atoms with Crippen molar-refractivity contribution in [2.75, 3.05) is 7.11 Å². The Kier molecular flexibility index (Phi) is 3.67. The van der Waals surface area contributed by atoms with E-state index >= 15 is 0 Å². The van der Waals surface area contributed by atoms with Gasteiger partial charge in [-0.25, -0.2) is 4.79 Å². The number of aryl methyl sites for hydroxylation is 2. The largest absolute Gasteiger partial charge is 0.469 e. The number of ether oxygens (including phenoxy) is 1. The lowest BCUT2D eigenvalue weighted by Gasteiger charge is -2.05. The third-order valence-corrected chi connectivity index (χ3v) is 5.04. The molecule has 6 nitrogen and oxygen atoms in total. The molecular formula is C14H16N2O4S. The minimum Gasteiger partial charge on any atom is -0.469 e. The van der Waals surface area contributed by atoms with Crippen LogP contribution in [0.2, 0.25) is 0 Å². The molecule has 0 spiro atoms. The van der Waals surface area contributed by atoms with Gasteiger partial charge in [0.15, 0.2) is 0 Å². The molecule has 0 aliphatic heterocycles. The Hall–Kier alpha value is -1.89. The van der Waals surface area contributed by atoms with Crippen LogP contribution in [0.4, 0.5) is 0 Å². The molecule has 0 saturated carbocycles. The SMILES string of the molecule is COC(=O)CCCn1c(=O)[nH]c2sc3c(c2c1=O)CCC3. The Labute approximate surface area is 124 Å². The lowest BCUT2D eigenvalue weighted by atomic mass is 10.2. The number of nitrogens with one attached hydrogen (secondary N) is 1. The Balaban J connectivity index is 1.97. The molecule has 1 aliphatic carbocycles. The predicted octanol–water partition coefficient (Wildman–Crippen LogP) is 1.19. The van der Waals surface area contributed by atoms with Crippen LogP contribution in [0.15, 0.2) is 9.59 Å². The maximum Gasteiger partial charge on any atom is 0.329 e. The second-order valence-electron chi connectivity index (χ2n) is 5.13. The first-order valence-electron chi connectivity index (χ1n) is 6.96. The van der Waals surface area contributed by atoms with Crippen molar-refractivity contribution < 1.29 is 9.53 Å². The first-order chi connectivity index (χ1) is 10.1. The Morgan fingerprint density at radius 3 is 2.95 bits per heavy atom. The first kappa shape index (κ1) is 14.1. The van der Waals surface area contributed by atoms with E-state index in [1.54, 1.807) is 0 Å². The number of H-pyrrole nitrogens is 1. The number of methoxy groups -OCH3 is 1. The van der Waals surface area contributed by atoms with E-state index in [1.807, 2.05) is 0 Å². The van der Waals surface area contributed by atoms with Crippen LogP contribution in [0, 0.1) is 0 Å². The van der Waals surface area contributed by atoms with Gasteiger partial charge >= 0.3 is 11.7 Å². The van der Waals surface area contributed by atoms with E-state index < -0.39 is 5.69 Å². The fourth-order valence-electron chi connectivity index (χ4n) is 2.80. The van der Waals surface area contributed by atoms with Crippen molar-refractivity contribution >= 4 is 27.5 Å². The number of rotatable bonds is 4. The molecule has 1 aliphatic rings. The van der Waals surface area contributed by atoms with Gasteiger partial charge in [-0.3, -0.25) is 19.1 Å². The molecule has 7 heteroatoms. The molecule has 2 aromatic heterocycles. The van der Waals surface area contributed by atoms with E-state index in [2.05, 4.69) is 9.72 Å². The van der Waals surface area contributed by atoms with Gasteiger partial charge in [-0.15, -0.1) is 11.3 Å². The van der Waals surface area contributed by atoms with Gasteiger partial charge in [0.2, 0.25) is 0 Å². The van der Waals surface area contributed by atoms with Gasteiger partial charge in [0.05, 0.1) is 12.5 Å². The molecule has 0 unspecified atom stereocenters. The minimum atomic E-state index is -0.405. The topological polar surface area (TPSA) is 81.2 Å². The van der Waals surface area contributed by atoms with Crippen LogP contribution in [-0.2, 0) is 28.9 Å². The van der Waals surface area contributed by atoms with Crippen molar-refractivity contribution in [2.45, 2.75) is 38.6 Å². The highest BCUT2D eigenvalue weighted by Crippen LogP contribution is 2.33. The van der Waals surface area contributed by atoms with Crippen molar-refractivity contribution in [2.24, 2.45) is 0 Å². The van der Waals surface area contributed by atoms with Crippen molar-refractivity contribution in [3.8, 4) is 0 Å². The number of nitrogens with zero attached hydrogens (tertiary/aromatic N) is 1. The van der Waals surface area contributed by atoms with Gasteiger partial charge in [-0.1, -0.05) is 0 Å². The average molecular weight is 308 g/mol. The summed E-state index contributed by atoms with van der Waals surface area (Å²) in [5.41, 5.74) is 0.452. The molecule has 112 valence electrons. The van der Waals surface area contributed by atoms with Gasteiger partial charge in [0.25, 0.3) is 5.56 Å².